The molecule has 0 radical (unpaired) electrons. The summed E-state index contributed by atoms with van der Waals surface area (Å²) < 4.78 is 0.915. The maximum Gasteiger partial charge on any atom is 0.137 e. The number of rotatable bonds is 3. The molecule has 3 heteroatoms. The number of benzene rings is 1. The van der Waals surface area contributed by atoms with E-state index >= 15 is 0 Å². The fourth-order valence-corrected chi connectivity index (χ4v) is 2.03. The summed E-state index contributed by atoms with van der Waals surface area (Å²) in [5.41, 5.74) is 2.04. The van der Waals surface area contributed by atoms with Gasteiger partial charge in [0, 0.05) is 0 Å². The Kier molecular flexibility index (Phi) is 3.77. The lowest BCUT2D eigenvalue weighted by atomic mass is 10.1. The second-order valence-electron chi connectivity index (χ2n) is 3.59. The Morgan fingerprint density at radius 3 is 2.50 bits per heavy atom. The summed E-state index contributed by atoms with van der Waals surface area (Å²) in [6, 6.07) is 13.7. The molecule has 1 N–H and O–H groups in total. The molecule has 0 aliphatic rings. The van der Waals surface area contributed by atoms with E-state index in [2.05, 4.69) is 39.7 Å². The highest BCUT2D eigenvalue weighted by atomic mass is 127. The van der Waals surface area contributed by atoms with Crippen molar-refractivity contribution in [3.63, 3.8) is 0 Å². The van der Waals surface area contributed by atoms with E-state index in [4.69, 9.17) is 0 Å². The van der Waals surface area contributed by atoms with Crippen LogP contribution >= 0.6 is 22.6 Å². The van der Waals surface area contributed by atoms with Crippen molar-refractivity contribution in [2.24, 2.45) is 0 Å². The largest absolute Gasteiger partial charge is 0.506 e. The van der Waals surface area contributed by atoms with Gasteiger partial charge in [0.25, 0.3) is 0 Å². The Morgan fingerprint density at radius 2 is 1.75 bits per heavy atom. The highest BCUT2D eigenvalue weighted by Crippen LogP contribution is 2.17. The number of pyridine rings is 1. The van der Waals surface area contributed by atoms with Gasteiger partial charge in [0.1, 0.15) is 9.45 Å². The van der Waals surface area contributed by atoms with E-state index in [1.165, 1.54) is 5.56 Å². The predicted molar refractivity (Wildman–Crippen MR) is 72.5 cm³/mol. The average Bonchev–Trinajstić information content (AvgIpc) is 2.32. The van der Waals surface area contributed by atoms with Crippen LogP contribution in [0.1, 0.15) is 11.3 Å². The van der Waals surface area contributed by atoms with E-state index < -0.39 is 0 Å². The Bertz CT molecular complexity index is 471. The molecular weight excluding hydrogens is 313 g/mol. The first-order valence-electron chi connectivity index (χ1n) is 5.14. The van der Waals surface area contributed by atoms with Gasteiger partial charge in [-0.1, -0.05) is 30.3 Å². The van der Waals surface area contributed by atoms with E-state index in [-0.39, 0.29) is 5.75 Å². The molecule has 0 spiro atoms. The molecule has 82 valence electrons. The Morgan fingerprint density at radius 1 is 1.00 bits per heavy atom. The summed E-state index contributed by atoms with van der Waals surface area (Å²) in [6.45, 7) is 0. The van der Waals surface area contributed by atoms with Crippen molar-refractivity contribution >= 4 is 22.6 Å². The van der Waals surface area contributed by atoms with E-state index in [9.17, 15) is 5.11 Å². The van der Waals surface area contributed by atoms with E-state index in [0.29, 0.717) is 0 Å². The summed E-state index contributed by atoms with van der Waals surface area (Å²) in [7, 11) is 0. The second kappa shape index (κ2) is 5.30. The molecule has 2 aromatic rings. The molecule has 0 bridgehead atoms. The van der Waals surface area contributed by atoms with Gasteiger partial charge in [-0.3, -0.25) is 0 Å². The van der Waals surface area contributed by atoms with Crippen LogP contribution in [0.25, 0.3) is 0 Å². The standard InChI is InChI=1S/C13H12INO/c14-13-9-8-12(16)11(15-13)7-6-10-4-2-1-3-5-10/h1-5,8-9,16H,6-7H2. The van der Waals surface area contributed by atoms with Crippen LogP contribution in [0.3, 0.4) is 0 Å². The predicted octanol–water partition coefficient (Wildman–Crippen LogP) is 3.18. The molecule has 0 saturated heterocycles. The van der Waals surface area contributed by atoms with Crippen LogP contribution in [0.4, 0.5) is 0 Å². The zero-order valence-corrected chi connectivity index (χ0v) is 10.9. The SMILES string of the molecule is Oc1ccc(I)nc1CCc1ccccc1. The van der Waals surface area contributed by atoms with Crippen LogP contribution in [-0.2, 0) is 12.8 Å². The number of hydrogen-bond acceptors (Lipinski definition) is 2. The third-order valence-corrected chi connectivity index (χ3v) is 3.01. The monoisotopic (exact) mass is 325 g/mol. The molecule has 0 aliphatic heterocycles. The summed E-state index contributed by atoms with van der Waals surface area (Å²) >= 11 is 2.15. The van der Waals surface area contributed by atoms with Crippen molar-refractivity contribution < 1.29 is 5.11 Å². The third-order valence-electron chi connectivity index (χ3n) is 2.41. The molecule has 2 rings (SSSR count). The van der Waals surface area contributed by atoms with Crippen LogP contribution in [0, 0.1) is 3.70 Å². The molecule has 0 amide bonds. The van der Waals surface area contributed by atoms with E-state index in [1.807, 2.05) is 24.3 Å². The molecule has 16 heavy (non-hydrogen) atoms. The summed E-state index contributed by atoms with van der Waals surface area (Å²) in [5.74, 6) is 0.288. The van der Waals surface area contributed by atoms with Gasteiger partial charge in [-0.2, -0.15) is 0 Å². The number of aromatic nitrogens is 1. The third kappa shape index (κ3) is 2.95. The minimum atomic E-state index is 0.288. The van der Waals surface area contributed by atoms with Crippen molar-refractivity contribution in [2.75, 3.05) is 0 Å². The zero-order chi connectivity index (χ0) is 11.4. The number of aryl methyl sites for hydroxylation is 2. The summed E-state index contributed by atoms with van der Waals surface area (Å²) in [6.07, 6.45) is 1.67. The van der Waals surface area contributed by atoms with Crippen LogP contribution in [0.5, 0.6) is 5.75 Å². The summed E-state index contributed by atoms with van der Waals surface area (Å²) in [5, 5.41) is 9.65. The van der Waals surface area contributed by atoms with Gasteiger partial charge in [-0.25, -0.2) is 4.98 Å². The van der Waals surface area contributed by atoms with Gasteiger partial charge < -0.3 is 5.11 Å². The lowest BCUT2D eigenvalue weighted by molar-refractivity contribution is 0.463. The van der Waals surface area contributed by atoms with Gasteiger partial charge in [0.2, 0.25) is 0 Å². The molecule has 0 unspecified atom stereocenters. The van der Waals surface area contributed by atoms with Gasteiger partial charge in [-0.05, 0) is 53.1 Å². The second-order valence-corrected chi connectivity index (χ2v) is 4.69. The Labute approximate surface area is 108 Å². The first-order chi connectivity index (χ1) is 7.75. The molecule has 2 nitrogen and oxygen atoms in total. The van der Waals surface area contributed by atoms with E-state index in [1.54, 1.807) is 6.07 Å². The minimum Gasteiger partial charge on any atom is -0.506 e. The smallest absolute Gasteiger partial charge is 0.137 e. The highest BCUT2D eigenvalue weighted by Gasteiger charge is 2.03. The molecule has 0 fully saturated rings. The maximum atomic E-state index is 9.65. The molecule has 1 aromatic carbocycles. The van der Waals surface area contributed by atoms with Gasteiger partial charge >= 0.3 is 0 Å². The zero-order valence-electron chi connectivity index (χ0n) is 8.73. The number of aromatic hydroxyl groups is 1. The number of nitrogens with zero attached hydrogens (tertiary/aromatic N) is 1. The maximum absolute atomic E-state index is 9.65. The topological polar surface area (TPSA) is 33.1 Å². The number of halogens is 1. The fourth-order valence-electron chi connectivity index (χ4n) is 1.56. The van der Waals surface area contributed by atoms with Gasteiger partial charge in [-0.15, -0.1) is 0 Å². The van der Waals surface area contributed by atoms with Crippen LogP contribution in [-0.4, -0.2) is 10.1 Å². The van der Waals surface area contributed by atoms with Crippen molar-refractivity contribution in [2.45, 2.75) is 12.8 Å². The molecule has 0 atom stereocenters. The Hall–Kier alpha value is -1.10. The Balaban J connectivity index is 2.08. The fraction of sp³-hybridized carbons (Fsp3) is 0.154. The van der Waals surface area contributed by atoms with Crippen LogP contribution in [0.2, 0.25) is 0 Å². The van der Waals surface area contributed by atoms with Gasteiger partial charge in [0.15, 0.2) is 0 Å². The van der Waals surface area contributed by atoms with E-state index in [0.717, 1.165) is 22.2 Å². The first kappa shape index (κ1) is 11.4. The lowest BCUT2D eigenvalue weighted by Crippen LogP contribution is -1.96. The number of hydrogen-bond donors (Lipinski definition) is 1. The molecule has 1 aromatic heterocycles. The minimum absolute atomic E-state index is 0.288. The summed E-state index contributed by atoms with van der Waals surface area (Å²) in [4.78, 5) is 4.32. The first-order valence-corrected chi connectivity index (χ1v) is 6.22. The molecule has 0 aliphatic carbocycles. The molecular formula is C13H12INO. The normalized spacial score (nSPS) is 10.3. The average molecular weight is 325 g/mol. The highest BCUT2D eigenvalue weighted by molar-refractivity contribution is 14.1. The quantitative estimate of drug-likeness (QED) is 0.695. The van der Waals surface area contributed by atoms with Crippen molar-refractivity contribution in [1.82, 2.24) is 4.98 Å². The lowest BCUT2D eigenvalue weighted by Gasteiger charge is -2.04. The van der Waals surface area contributed by atoms with Crippen molar-refractivity contribution in [1.29, 1.82) is 0 Å². The van der Waals surface area contributed by atoms with Gasteiger partial charge in [0.05, 0.1) is 5.69 Å². The van der Waals surface area contributed by atoms with Crippen LogP contribution in [0.15, 0.2) is 42.5 Å². The van der Waals surface area contributed by atoms with Crippen LogP contribution < -0.4 is 0 Å². The molecule has 1 heterocycles. The molecule has 0 saturated carbocycles. The van der Waals surface area contributed by atoms with Crippen molar-refractivity contribution in [3.05, 3.63) is 57.4 Å². The van der Waals surface area contributed by atoms with Crippen molar-refractivity contribution in [3.8, 4) is 5.75 Å².